The van der Waals surface area contributed by atoms with Crippen LogP contribution in [0.25, 0.3) is 11.3 Å². The molecule has 1 aliphatic heterocycles. The SMILES string of the molecule is COc1cc2n(c(=O)n1)CCc1cc(NC3CCCCC3)ccc1-2. The van der Waals surface area contributed by atoms with Crippen LogP contribution in [0.5, 0.6) is 5.88 Å². The van der Waals surface area contributed by atoms with Crippen molar-refractivity contribution in [1.29, 1.82) is 0 Å². The van der Waals surface area contributed by atoms with Crippen LogP contribution in [0.3, 0.4) is 0 Å². The Morgan fingerprint density at radius 1 is 1.21 bits per heavy atom. The highest BCUT2D eigenvalue weighted by molar-refractivity contribution is 5.69. The Balaban J connectivity index is 1.66. The van der Waals surface area contributed by atoms with E-state index in [1.165, 1.54) is 43.4 Å². The number of hydrogen-bond acceptors (Lipinski definition) is 4. The maximum atomic E-state index is 12.1. The van der Waals surface area contributed by atoms with Crippen molar-refractivity contribution in [3.63, 3.8) is 0 Å². The Hall–Kier alpha value is -2.30. The normalized spacial score (nSPS) is 17.0. The van der Waals surface area contributed by atoms with Gasteiger partial charge >= 0.3 is 5.69 Å². The Kier molecular flexibility index (Phi) is 4.00. The van der Waals surface area contributed by atoms with Crippen molar-refractivity contribution < 1.29 is 4.74 Å². The van der Waals surface area contributed by atoms with Crippen LogP contribution in [0, 0.1) is 0 Å². The van der Waals surface area contributed by atoms with Gasteiger partial charge in [0, 0.05) is 29.9 Å². The van der Waals surface area contributed by atoms with Gasteiger partial charge < -0.3 is 10.1 Å². The first-order valence-electron chi connectivity index (χ1n) is 8.80. The minimum atomic E-state index is -0.237. The number of rotatable bonds is 3. The van der Waals surface area contributed by atoms with Crippen LogP contribution in [0.4, 0.5) is 5.69 Å². The summed E-state index contributed by atoms with van der Waals surface area (Å²) in [5.74, 6) is 0.378. The summed E-state index contributed by atoms with van der Waals surface area (Å²) in [6.45, 7) is 0.672. The highest BCUT2D eigenvalue weighted by atomic mass is 16.5. The molecule has 1 aliphatic carbocycles. The van der Waals surface area contributed by atoms with Gasteiger partial charge in [0.1, 0.15) is 0 Å². The van der Waals surface area contributed by atoms with E-state index in [2.05, 4.69) is 28.5 Å². The number of methoxy groups -OCH3 is 1. The second-order valence-electron chi connectivity index (χ2n) is 6.72. The zero-order valence-electron chi connectivity index (χ0n) is 14.0. The van der Waals surface area contributed by atoms with Crippen molar-refractivity contribution in [3.8, 4) is 17.1 Å². The number of nitrogens with one attached hydrogen (secondary N) is 1. The lowest BCUT2D eigenvalue weighted by Gasteiger charge is -2.26. The van der Waals surface area contributed by atoms with Gasteiger partial charge in [-0.15, -0.1) is 0 Å². The number of nitrogens with zero attached hydrogens (tertiary/aromatic N) is 2. The summed E-state index contributed by atoms with van der Waals surface area (Å²) in [6.07, 6.45) is 7.40. The molecule has 0 spiro atoms. The quantitative estimate of drug-likeness (QED) is 0.941. The zero-order chi connectivity index (χ0) is 16.5. The molecular weight excluding hydrogens is 302 g/mol. The first-order chi connectivity index (χ1) is 11.7. The predicted octanol–water partition coefficient (Wildman–Crippen LogP) is 3.22. The van der Waals surface area contributed by atoms with Crippen LogP contribution in [-0.2, 0) is 13.0 Å². The number of ether oxygens (including phenoxy) is 1. The van der Waals surface area contributed by atoms with Gasteiger partial charge in [-0.05, 0) is 37.0 Å². The van der Waals surface area contributed by atoms with E-state index in [0.717, 1.165) is 17.7 Å². The molecule has 0 atom stereocenters. The lowest BCUT2D eigenvalue weighted by molar-refractivity contribution is 0.392. The minimum Gasteiger partial charge on any atom is -0.481 e. The number of aromatic nitrogens is 2. The van der Waals surface area contributed by atoms with Crippen LogP contribution < -0.4 is 15.7 Å². The third kappa shape index (κ3) is 2.79. The van der Waals surface area contributed by atoms with Crippen molar-refractivity contribution in [2.75, 3.05) is 12.4 Å². The van der Waals surface area contributed by atoms with Gasteiger partial charge in [-0.2, -0.15) is 4.98 Å². The van der Waals surface area contributed by atoms with Crippen molar-refractivity contribution in [2.24, 2.45) is 0 Å². The van der Waals surface area contributed by atoms with Crippen LogP contribution >= 0.6 is 0 Å². The van der Waals surface area contributed by atoms with E-state index in [9.17, 15) is 4.79 Å². The topological polar surface area (TPSA) is 56.2 Å². The molecule has 1 saturated carbocycles. The average molecular weight is 325 g/mol. The first-order valence-corrected chi connectivity index (χ1v) is 8.80. The van der Waals surface area contributed by atoms with E-state index in [4.69, 9.17) is 4.74 Å². The van der Waals surface area contributed by atoms with Gasteiger partial charge in [0.25, 0.3) is 0 Å². The van der Waals surface area contributed by atoms with Crippen molar-refractivity contribution in [1.82, 2.24) is 9.55 Å². The van der Waals surface area contributed by atoms with Gasteiger partial charge in [-0.3, -0.25) is 4.57 Å². The first kappa shape index (κ1) is 15.2. The van der Waals surface area contributed by atoms with Crippen molar-refractivity contribution in [3.05, 3.63) is 40.3 Å². The standard InChI is InChI=1S/C19H23N3O2/c1-24-18-12-17-16-8-7-15(20-14-5-3-2-4-6-14)11-13(16)9-10-22(17)19(23)21-18/h7-8,11-12,14,20H,2-6,9-10H2,1H3. The molecule has 1 N–H and O–H groups in total. The number of hydrogen-bond donors (Lipinski definition) is 1. The molecule has 2 aliphatic rings. The van der Waals surface area contributed by atoms with Gasteiger partial charge in [-0.1, -0.05) is 25.3 Å². The van der Waals surface area contributed by atoms with Crippen LogP contribution in [0.2, 0.25) is 0 Å². The summed E-state index contributed by atoms with van der Waals surface area (Å²) in [7, 11) is 1.54. The third-order valence-electron chi connectivity index (χ3n) is 5.16. The lowest BCUT2D eigenvalue weighted by Crippen LogP contribution is -2.28. The molecule has 2 aromatic rings. The maximum Gasteiger partial charge on any atom is 0.351 e. The Morgan fingerprint density at radius 3 is 2.83 bits per heavy atom. The molecule has 0 bridgehead atoms. The molecule has 1 fully saturated rings. The van der Waals surface area contributed by atoms with Crippen LogP contribution in [-0.4, -0.2) is 22.7 Å². The zero-order valence-corrected chi connectivity index (χ0v) is 14.0. The molecule has 0 radical (unpaired) electrons. The fourth-order valence-electron chi connectivity index (χ4n) is 3.88. The summed E-state index contributed by atoms with van der Waals surface area (Å²) in [5.41, 5.74) is 4.24. The summed E-state index contributed by atoms with van der Waals surface area (Å²) < 4.78 is 6.90. The lowest BCUT2D eigenvalue weighted by atomic mass is 9.94. The molecule has 1 aromatic carbocycles. The predicted molar refractivity (Wildman–Crippen MR) is 94.7 cm³/mol. The summed E-state index contributed by atoms with van der Waals surface area (Å²) in [6, 6.07) is 8.93. The number of aryl methyl sites for hydroxylation is 1. The molecule has 0 amide bonds. The van der Waals surface area contributed by atoms with Crippen molar-refractivity contribution >= 4 is 5.69 Å². The number of benzene rings is 1. The molecule has 5 heteroatoms. The van der Waals surface area contributed by atoms with Gasteiger partial charge in [0.2, 0.25) is 5.88 Å². The second kappa shape index (κ2) is 6.30. The van der Waals surface area contributed by atoms with E-state index < -0.39 is 0 Å². The number of fused-ring (bicyclic) bond motifs is 3. The molecule has 126 valence electrons. The molecule has 4 rings (SSSR count). The number of anilines is 1. The fourth-order valence-corrected chi connectivity index (χ4v) is 3.88. The van der Waals surface area contributed by atoms with Gasteiger partial charge in [-0.25, -0.2) is 4.79 Å². The van der Waals surface area contributed by atoms with E-state index in [0.29, 0.717) is 18.5 Å². The summed E-state index contributed by atoms with van der Waals surface area (Å²) in [4.78, 5) is 16.1. The Bertz CT molecular complexity index is 807. The molecule has 0 unspecified atom stereocenters. The highest BCUT2D eigenvalue weighted by Crippen LogP contribution is 2.32. The summed E-state index contributed by atoms with van der Waals surface area (Å²) in [5, 5.41) is 3.68. The molecule has 0 saturated heterocycles. The van der Waals surface area contributed by atoms with Crippen molar-refractivity contribution in [2.45, 2.75) is 51.1 Å². The molecule has 2 heterocycles. The van der Waals surface area contributed by atoms with Crippen LogP contribution in [0.15, 0.2) is 29.1 Å². The van der Waals surface area contributed by atoms with E-state index in [-0.39, 0.29) is 5.69 Å². The van der Waals surface area contributed by atoms with Crippen LogP contribution in [0.1, 0.15) is 37.7 Å². The maximum absolute atomic E-state index is 12.1. The largest absolute Gasteiger partial charge is 0.481 e. The van der Waals surface area contributed by atoms with E-state index >= 15 is 0 Å². The fraction of sp³-hybridized carbons (Fsp3) is 0.474. The Morgan fingerprint density at radius 2 is 2.04 bits per heavy atom. The third-order valence-corrected chi connectivity index (χ3v) is 5.16. The molecular formula is C19H23N3O2. The molecule has 1 aromatic heterocycles. The second-order valence-corrected chi connectivity index (χ2v) is 6.72. The van der Waals surface area contributed by atoms with Gasteiger partial charge in [0.15, 0.2) is 0 Å². The summed E-state index contributed by atoms with van der Waals surface area (Å²) >= 11 is 0. The van der Waals surface area contributed by atoms with Gasteiger partial charge in [0.05, 0.1) is 12.8 Å². The molecule has 24 heavy (non-hydrogen) atoms. The smallest absolute Gasteiger partial charge is 0.351 e. The van der Waals surface area contributed by atoms with E-state index in [1.807, 2.05) is 6.07 Å². The highest BCUT2D eigenvalue weighted by Gasteiger charge is 2.20. The van der Waals surface area contributed by atoms with E-state index in [1.54, 1.807) is 11.7 Å². The monoisotopic (exact) mass is 325 g/mol. The molecule has 5 nitrogen and oxygen atoms in total. The minimum absolute atomic E-state index is 0.237. The average Bonchev–Trinajstić information content (AvgIpc) is 2.62. The Labute approximate surface area is 141 Å².